The highest BCUT2D eigenvalue weighted by Gasteiger charge is 2.30. The zero-order valence-corrected chi connectivity index (χ0v) is 65.3. The second-order valence-corrected chi connectivity index (χ2v) is 32.2. The van der Waals surface area contributed by atoms with Crippen molar-refractivity contribution >= 4 is 39.5 Å². The van der Waals surface area contributed by atoms with Crippen LogP contribution in [0.15, 0.2) is 0 Å². The molecule has 0 aromatic heterocycles. The number of rotatable bonds is 76. The molecule has 0 rings (SSSR count). The SMILES string of the molecule is CCCCCCCCCC(=O)OC[C@H](COP(=O)(O)OC[C@H](O)COP(=O)(O)OC[C@@H](COC(=O)CCCCCCCCCCCCCCCCCCC(C)C)OC(=O)CCCCCCCCCCCCCCCCCCC(C)C)OC(=O)CCCCCCCCCCC(C)CC. The lowest BCUT2D eigenvalue weighted by Gasteiger charge is -2.21. The topological polar surface area (TPSA) is 237 Å². The third kappa shape index (κ3) is 70.9. The van der Waals surface area contributed by atoms with Crippen molar-refractivity contribution in [2.45, 2.75) is 420 Å². The standard InChI is InChI=1S/C78H152O17P2/c1-8-10-11-12-35-45-52-59-75(80)88-65-73(95-78(83)62-55-48-41-34-33-38-44-51-58-71(7)9-2)67-92-96(84,85)90-63-72(79)64-91-97(86,87)93-68-74(94-77(82)61-54-47-40-32-28-24-20-16-14-18-22-26-30-37-43-50-57-70(5)6)66-89-76(81)60-53-46-39-31-27-23-19-15-13-17-21-25-29-36-42-49-56-69(3)4/h69-74,79H,8-68H2,1-7H3,(H,84,85)(H,86,87)/t71?,72-,73+,74+/m0/s1. The van der Waals surface area contributed by atoms with Gasteiger partial charge in [0.2, 0.25) is 0 Å². The van der Waals surface area contributed by atoms with Crippen molar-refractivity contribution in [3.8, 4) is 0 Å². The molecule has 0 radical (unpaired) electrons. The number of unbranched alkanes of at least 4 members (excludes halogenated alkanes) is 43. The van der Waals surface area contributed by atoms with E-state index in [0.717, 1.165) is 120 Å². The van der Waals surface area contributed by atoms with E-state index in [4.69, 9.17) is 37.0 Å². The summed E-state index contributed by atoms with van der Waals surface area (Å²) < 4.78 is 68.5. The molecule has 0 amide bonds. The summed E-state index contributed by atoms with van der Waals surface area (Å²) >= 11 is 0. The molecule has 17 nitrogen and oxygen atoms in total. The van der Waals surface area contributed by atoms with Gasteiger partial charge < -0.3 is 33.8 Å². The van der Waals surface area contributed by atoms with Gasteiger partial charge in [-0.2, -0.15) is 0 Å². The first kappa shape index (κ1) is 95.1. The molecule has 0 saturated carbocycles. The van der Waals surface area contributed by atoms with E-state index in [2.05, 4.69) is 48.5 Å². The Labute approximate surface area is 594 Å². The molecule has 19 heteroatoms. The summed E-state index contributed by atoms with van der Waals surface area (Å²) in [5, 5.41) is 10.6. The molecule has 6 atom stereocenters. The van der Waals surface area contributed by atoms with Gasteiger partial charge in [-0.25, -0.2) is 9.13 Å². The van der Waals surface area contributed by atoms with E-state index in [1.165, 1.54) is 199 Å². The van der Waals surface area contributed by atoms with Crippen LogP contribution in [0.4, 0.5) is 0 Å². The molecule has 576 valence electrons. The third-order valence-electron chi connectivity index (χ3n) is 18.5. The van der Waals surface area contributed by atoms with Gasteiger partial charge in [0.1, 0.15) is 19.3 Å². The Hall–Kier alpha value is -1.94. The summed E-state index contributed by atoms with van der Waals surface area (Å²) in [5.74, 6) is 0.271. The van der Waals surface area contributed by atoms with Gasteiger partial charge in [-0.1, -0.05) is 350 Å². The van der Waals surface area contributed by atoms with Crippen molar-refractivity contribution < 1.29 is 80.2 Å². The van der Waals surface area contributed by atoms with E-state index in [-0.39, 0.29) is 25.7 Å². The maximum atomic E-state index is 13.1. The van der Waals surface area contributed by atoms with Gasteiger partial charge in [-0.3, -0.25) is 37.3 Å². The summed E-state index contributed by atoms with van der Waals surface area (Å²) in [7, 11) is -9.91. The van der Waals surface area contributed by atoms with Crippen LogP contribution in [0.5, 0.6) is 0 Å². The number of carbonyl (C=O) groups excluding carboxylic acids is 4. The number of phosphoric acid groups is 2. The number of hydrogen-bond acceptors (Lipinski definition) is 15. The highest BCUT2D eigenvalue weighted by molar-refractivity contribution is 7.47. The van der Waals surface area contributed by atoms with Crippen LogP contribution < -0.4 is 0 Å². The molecule has 0 aliphatic carbocycles. The lowest BCUT2D eigenvalue weighted by molar-refractivity contribution is -0.161. The van der Waals surface area contributed by atoms with E-state index in [0.29, 0.717) is 25.7 Å². The molecule has 0 saturated heterocycles. The van der Waals surface area contributed by atoms with Gasteiger partial charge in [0.05, 0.1) is 26.4 Å². The quantitative estimate of drug-likeness (QED) is 0.0222. The summed E-state index contributed by atoms with van der Waals surface area (Å²) in [5.41, 5.74) is 0. The van der Waals surface area contributed by atoms with Gasteiger partial charge in [0, 0.05) is 25.7 Å². The number of aliphatic hydroxyl groups is 1. The van der Waals surface area contributed by atoms with E-state index < -0.39 is 97.5 Å². The molecule has 97 heavy (non-hydrogen) atoms. The minimum atomic E-state index is -4.96. The van der Waals surface area contributed by atoms with Gasteiger partial charge in [-0.15, -0.1) is 0 Å². The van der Waals surface area contributed by atoms with E-state index in [9.17, 15) is 43.2 Å². The Morgan fingerprint density at radius 3 is 0.784 bits per heavy atom. The smallest absolute Gasteiger partial charge is 0.462 e. The highest BCUT2D eigenvalue weighted by Crippen LogP contribution is 2.45. The normalized spacial score (nSPS) is 14.3. The van der Waals surface area contributed by atoms with Crippen LogP contribution in [-0.4, -0.2) is 96.7 Å². The van der Waals surface area contributed by atoms with Crippen LogP contribution in [0.1, 0.15) is 402 Å². The van der Waals surface area contributed by atoms with E-state index in [1.807, 2.05) is 0 Å². The van der Waals surface area contributed by atoms with Crippen LogP contribution in [0.25, 0.3) is 0 Å². The van der Waals surface area contributed by atoms with Crippen molar-refractivity contribution in [1.82, 2.24) is 0 Å². The summed E-state index contributed by atoms with van der Waals surface area (Å²) in [6, 6.07) is 0. The fourth-order valence-electron chi connectivity index (χ4n) is 11.9. The van der Waals surface area contributed by atoms with Gasteiger partial charge in [0.15, 0.2) is 12.2 Å². The van der Waals surface area contributed by atoms with Crippen molar-refractivity contribution in [3.63, 3.8) is 0 Å². The number of ether oxygens (including phenoxy) is 4. The minimum absolute atomic E-state index is 0.105. The molecular formula is C78H152O17P2. The molecule has 0 aromatic carbocycles. The first-order valence-electron chi connectivity index (χ1n) is 40.4. The second kappa shape index (κ2) is 68.5. The number of carbonyl (C=O) groups is 4. The molecule has 0 aromatic rings. The van der Waals surface area contributed by atoms with Gasteiger partial charge in [0.25, 0.3) is 0 Å². The Bertz CT molecular complexity index is 1890. The zero-order valence-electron chi connectivity index (χ0n) is 63.5. The van der Waals surface area contributed by atoms with Crippen LogP contribution in [-0.2, 0) is 65.4 Å². The summed E-state index contributed by atoms with van der Waals surface area (Å²) in [6.07, 6.45) is 55.7. The lowest BCUT2D eigenvalue weighted by Crippen LogP contribution is -2.30. The first-order valence-corrected chi connectivity index (χ1v) is 43.4. The van der Waals surface area contributed by atoms with Crippen molar-refractivity contribution in [1.29, 1.82) is 0 Å². The van der Waals surface area contributed by atoms with Crippen LogP contribution in [0, 0.1) is 17.8 Å². The molecule has 0 aliphatic heterocycles. The van der Waals surface area contributed by atoms with E-state index >= 15 is 0 Å². The molecule has 0 bridgehead atoms. The Balaban J connectivity index is 5.18. The van der Waals surface area contributed by atoms with Gasteiger partial charge in [-0.05, 0) is 43.4 Å². The fraction of sp³-hybridized carbons (Fsp3) is 0.949. The Morgan fingerprint density at radius 1 is 0.299 bits per heavy atom. The second-order valence-electron chi connectivity index (χ2n) is 29.3. The average molecular weight is 1420 g/mol. The molecule has 0 spiro atoms. The number of aliphatic hydroxyl groups excluding tert-OH is 1. The first-order chi connectivity index (χ1) is 46.8. The predicted molar refractivity (Wildman–Crippen MR) is 395 cm³/mol. The fourth-order valence-corrected chi connectivity index (χ4v) is 13.5. The van der Waals surface area contributed by atoms with Crippen LogP contribution in [0.3, 0.4) is 0 Å². The maximum Gasteiger partial charge on any atom is 0.472 e. The number of hydrogen-bond donors (Lipinski definition) is 3. The molecular weight excluding hydrogens is 1270 g/mol. The van der Waals surface area contributed by atoms with Crippen LogP contribution in [0.2, 0.25) is 0 Å². The summed E-state index contributed by atoms with van der Waals surface area (Å²) in [4.78, 5) is 72.7. The molecule has 0 heterocycles. The average Bonchev–Trinajstić information content (AvgIpc) is 1.17. The lowest BCUT2D eigenvalue weighted by atomic mass is 9.99. The molecule has 0 fully saturated rings. The number of phosphoric ester groups is 2. The maximum absolute atomic E-state index is 13.1. The molecule has 3 unspecified atom stereocenters. The molecule has 3 N–H and O–H groups in total. The number of esters is 4. The largest absolute Gasteiger partial charge is 0.472 e. The Kier molecular flexibility index (Phi) is 67.1. The minimum Gasteiger partial charge on any atom is -0.462 e. The monoisotopic (exact) mass is 1420 g/mol. The summed E-state index contributed by atoms with van der Waals surface area (Å²) in [6.45, 7) is 11.9. The molecule has 0 aliphatic rings. The predicted octanol–water partition coefficient (Wildman–Crippen LogP) is 23.0. The zero-order chi connectivity index (χ0) is 71.6. The Morgan fingerprint density at radius 2 is 0.526 bits per heavy atom. The van der Waals surface area contributed by atoms with Crippen LogP contribution >= 0.6 is 15.6 Å². The van der Waals surface area contributed by atoms with Gasteiger partial charge >= 0.3 is 39.5 Å². The van der Waals surface area contributed by atoms with Crippen molar-refractivity contribution in [2.24, 2.45) is 17.8 Å². The van der Waals surface area contributed by atoms with E-state index in [1.54, 1.807) is 0 Å². The van der Waals surface area contributed by atoms with Crippen molar-refractivity contribution in [2.75, 3.05) is 39.6 Å². The van der Waals surface area contributed by atoms with Crippen molar-refractivity contribution in [3.05, 3.63) is 0 Å². The highest BCUT2D eigenvalue weighted by atomic mass is 31.2. The third-order valence-corrected chi connectivity index (χ3v) is 20.4.